The molecule has 176 valence electrons. The second-order valence-corrected chi connectivity index (χ2v) is 8.47. The van der Waals surface area contributed by atoms with E-state index in [-0.39, 0.29) is 22.5 Å². The monoisotopic (exact) mass is 501 g/mol. The molecule has 0 saturated carbocycles. The Hall–Kier alpha value is -3.36. The summed E-state index contributed by atoms with van der Waals surface area (Å²) in [6.07, 6.45) is 2.32. The molecule has 1 aromatic heterocycles. The van der Waals surface area contributed by atoms with Gasteiger partial charge >= 0.3 is 12.0 Å². The summed E-state index contributed by atoms with van der Waals surface area (Å²) in [4.78, 5) is 35.1. The van der Waals surface area contributed by atoms with E-state index < -0.39 is 24.0 Å². The van der Waals surface area contributed by atoms with Gasteiger partial charge in [-0.05, 0) is 36.6 Å². The van der Waals surface area contributed by atoms with Gasteiger partial charge in [0.1, 0.15) is 6.04 Å². The SMILES string of the molecule is COc1ncc(-c2ccc(C(=O)N3C(C(=O)O)CCC3c3ccccc3Cl)cc2Cl)c(OC)n1. The molecule has 1 aliphatic heterocycles. The zero-order chi connectivity index (χ0) is 24.4. The molecule has 0 aliphatic carbocycles. The molecular formula is C24H21Cl2N3O5. The van der Waals surface area contributed by atoms with Crippen molar-refractivity contribution in [3.8, 4) is 23.0 Å². The van der Waals surface area contributed by atoms with Crippen molar-refractivity contribution in [2.45, 2.75) is 24.9 Å². The maximum atomic E-state index is 13.6. The number of ether oxygens (including phenoxy) is 2. The number of carboxylic acid groups (broad SMARTS) is 1. The van der Waals surface area contributed by atoms with Gasteiger partial charge in [0.2, 0.25) is 5.88 Å². The first kappa shape index (κ1) is 23.8. The van der Waals surface area contributed by atoms with E-state index in [4.69, 9.17) is 32.7 Å². The van der Waals surface area contributed by atoms with Crippen LogP contribution in [0.15, 0.2) is 48.7 Å². The molecule has 1 N–H and O–H groups in total. The van der Waals surface area contributed by atoms with Crippen LogP contribution in [-0.2, 0) is 4.79 Å². The van der Waals surface area contributed by atoms with Crippen LogP contribution < -0.4 is 9.47 Å². The Morgan fingerprint density at radius 1 is 1.03 bits per heavy atom. The summed E-state index contributed by atoms with van der Waals surface area (Å²) in [6, 6.07) is 10.6. The predicted octanol–water partition coefficient (Wildman–Crippen LogP) is 4.90. The fraction of sp³-hybridized carbons (Fsp3) is 0.250. The molecule has 34 heavy (non-hydrogen) atoms. The van der Waals surface area contributed by atoms with Gasteiger partial charge in [-0.15, -0.1) is 0 Å². The lowest BCUT2D eigenvalue weighted by atomic mass is 10.0. The molecule has 1 saturated heterocycles. The molecule has 2 atom stereocenters. The van der Waals surface area contributed by atoms with Crippen LogP contribution in [0.1, 0.15) is 34.8 Å². The summed E-state index contributed by atoms with van der Waals surface area (Å²) in [7, 11) is 2.91. The molecule has 0 bridgehead atoms. The number of carbonyl (C=O) groups excluding carboxylic acids is 1. The van der Waals surface area contributed by atoms with Crippen LogP contribution in [0.25, 0.3) is 11.1 Å². The molecular weight excluding hydrogens is 481 g/mol. The molecule has 0 spiro atoms. The normalized spacial score (nSPS) is 17.5. The first-order valence-electron chi connectivity index (χ1n) is 10.4. The average Bonchev–Trinajstić information content (AvgIpc) is 3.28. The number of rotatable bonds is 6. The number of carboxylic acids is 1. The van der Waals surface area contributed by atoms with E-state index in [0.717, 1.165) is 0 Å². The van der Waals surface area contributed by atoms with Gasteiger partial charge in [0.05, 0.1) is 25.8 Å². The van der Waals surface area contributed by atoms with Gasteiger partial charge in [0.15, 0.2) is 0 Å². The average molecular weight is 502 g/mol. The van der Waals surface area contributed by atoms with Gasteiger partial charge in [0.25, 0.3) is 5.91 Å². The number of nitrogens with zero attached hydrogens (tertiary/aromatic N) is 3. The number of aromatic nitrogens is 2. The molecule has 2 heterocycles. The lowest BCUT2D eigenvalue weighted by Gasteiger charge is -2.29. The van der Waals surface area contributed by atoms with E-state index in [1.807, 2.05) is 12.1 Å². The third-order valence-corrected chi connectivity index (χ3v) is 6.44. The highest BCUT2D eigenvalue weighted by atomic mass is 35.5. The number of aliphatic carboxylic acids is 1. The molecule has 8 nitrogen and oxygen atoms in total. The van der Waals surface area contributed by atoms with E-state index in [9.17, 15) is 14.7 Å². The molecule has 10 heteroatoms. The number of halogens is 2. The molecule has 1 fully saturated rings. The van der Waals surface area contributed by atoms with E-state index in [2.05, 4.69) is 9.97 Å². The van der Waals surface area contributed by atoms with Crippen LogP contribution in [0.4, 0.5) is 0 Å². The Balaban J connectivity index is 1.71. The highest BCUT2D eigenvalue weighted by Gasteiger charge is 2.42. The number of likely N-dealkylation sites (tertiary alicyclic amines) is 1. The van der Waals surface area contributed by atoms with Gasteiger partial charge in [-0.1, -0.05) is 47.5 Å². The topological polar surface area (TPSA) is 102 Å². The first-order valence-corrected chi connectivity index (χ1v) is 11.2. The number of hydrogen-bond acceptors (Lipinski definition) is 6. The minimum atomic E-state index is -1.06. The smallest absolute Gasteiger partial charge is 0.326 e. The van der Waals surface area contributed by atoms with Crippen LogP contribution in [0.5, 0.6) is 11.9 Å². The Morgan fingerprint density at radius 3 is 2.44 bits per heavy atom. The molecule has 1 amide bonds. The third-order valence-electron chi connectivity index (χ3n) is 5.78. The summed E-state index contributed by atoms with van der Waals surface area (Å²) >= 11 is 12.9. The largest absolute Gasteiger partial charge is 0.480 e. The summed E-state index contributed by atoms with van der Waals surface area (Å²) in [5.74, 6) is -1.25. The van der Waals surface area contributed by atoms with Crippen LogP contribution in [0.3, 0.4) is 0 Å². The van der Waals surface area contributed by atoms with E-state index in [0.29, 0.717) is 34.6 Å². The van der Waals surface area contributed by atoms with Crippen molar-refractivity contribution >= 4 is 35.1 Å². The van der Waals surface area contributed by atoms with E-state index >= 15 is 0 Å². The summed E-state index contributed by atoms with van der Waals surface area (Å²) < 4.78 is 10.4. The number of benzene rings is 2. The fourth-order valence-electron chi connectivity index (χ4n) is 4.19. The van der Waals surface area contributed by atoms with Gasteiger partial charge < -0.3 is 19.5 Å². The van der Waals surface area contributed by atoms with Crippen LogP contribution in [-0.4, -0.2) is 52.1 Å². The molecule has 3 aromatic rings. The van der Waals surface area contributed by atoms with Crippen molar-refractivity contribution in [2.75, 3.05) is 14.2 Å². The van der Waals surface area contributed by atoms with Gasteiger partial charge in [-0.3, -0.25) is 4.79 Å². The minimum absolute atomic E-state index is 0.142. The second-order valence-electron chi connectivity index (χ2n) is 7.66. The van der Waals surface area contributed by atoms with Crippen LogP contribution >= 0.6 is 23.2 Å². The zero-order valence-corrected chi connectivity index (χ0v) is 19.9. The molecule has 4 rings (SSSR count). The molecule has 2 aromatic carbocycles. The van der Waals surface area contributed by atoms with Gasteiger partial charge in [-0.2, -0.15) is 4.98 Å². The molecule has 2 unspecified atom stereocenters. The quantitative estimate of drug-likeness (QED) is 0.512. The number of hydrogen-bond donors (Lipinski definition) is 1. The van der Waals surface area contributed by atoms with Crippen molar-refractivity contribution in [2.24, 2.45) is 0 Å². The standard InChI is InChI=1S/C24H21Cl2N3O5/c1-33-21-16(12-27-24(28-21)34-2)14-8-7-13(11-18(14)26)22(30)29-19(9-10-20(29)23(31)32)15-5-3-4-6-17(15)25/h3-8,11-12,19-20H,9-10H2,1-2H3,(H,31,32). The van der Waals surface area contributed by atoms with Crippen molar-refractivity contribution in [1.29, 1.82) is 0 Å². The van der Waals surface area contributed by atoms with Crippen LogP contribution in [0, 0.1) is 0 Å². The Labute approximate surface area is 206 Å². The van der Waals surface area contributed by atoms with Crippen LogP contribution in [0.2, 0.25) is 10.0 Å². The lowest BCUT2D eigenvalue weighted by molar-refractivity contribution is -0.141. The van der Waals surface area contributed by atoms with Crippen molar-refractivity contribution < 1.29 is 24.2 Å². The van der Waals surface area contributed by atoms with Gasteiger partial charge in [-0.25, -0.2) is 9.78 Å². The molecule has 1 aliphatic rings. The Morgan fingerprint density at radius 2 is 1.79 bits per heavy atom. The number of amides is 1. The van der Waals surface area contributed by atoms with E-state index in [1.54, 1.807) is 24.3 Å². The summed E-state index contributed by atoms with van der Waals surface area (Å²) in [6.45, 7) is 0. The number of carbonyl (C=O) groups is 2. The predicted molar refractivity (Wildman–Crippen MR) is 127 cm³/mol. The highest BCUT2D eigenvalue weighted by molar-refractivity contribution is 6.34. The summed E-state index contributed by atoms with van der Waals surface area (Å²) in [5.41, 5.74) is 2.04. The minimum Gasteiger partial charge on any atom is -0.480 e. The zero-order valence-electron chi connectivity index (χ0n) is 18.4. The highest BCUT2D eigenvalue weighted by Crippen LogP contribution is 2.41. The first-order chi connectivity index (χ1) is 16.3. The maximum absolute atomic E-state index is 13.6. The summed E-state index contributed by atoms with van der Waals surface area (Å²) in [5, 5.41) is 10.5. The van der Waals surface area contributed by atoms with Crippen molar-refractivity contribution in [3.05, 3.63) is 69.8 Å². The van der Waals surface area contributed by atoms with Crippen molar-refractivity contribution in [1.82, 2.24) is 14.9 Å². The van der Waals surface area contributed by atoms with E-state index in [1.165, 1.54) is 31.4 Å². The van der Waals surface area contributed by atoms with Gasteiger partial charge in [0, 0.05) is 27.4 Å². The number of methoxy groups -OCH3 is 2. The lowest BCUT2D eigenvalue weighted by Crippen LogP contribution is -2.41. The Bertz CT molecular complexity index is 1250. The fourth-order valence-corrected chi connectivity index (χ4v) is 4.74. The Kier molecular flexibility index (Phi) is 6.90. The molecule has 0 radical (unpaired) electrons. The van der Waals surface area contributed by atoms with Crippen molar-refractivity contribution in [3.63, 3.8) is 0 Å². The second kappa shape index (κ2) is 9.87. The third kappa shape index (κ3) is 4.38. The maximum Gasteiger partial charge on any atom is 0.326 e.